The van der Waals surface area contributed by atoms with E-state index in [2.05, 4.69) is 32.7 Å². The Hall–Kier alpha value is -2.93. The number of piperidine rings is 1. The van der Waals surface area contributed by atoms with Gasteiger partial charge in [-0.15, -0.1) is 5.10 Å². The van der Waals surface area contributed by atoms with Crippen molar-refractivity contribution in [1.29, 1.82) is 0 Å². The van der Waals surface area contributed by atoms with Gasteiger partial charge in [0.15, 0.2) is 0 Å². The zero-order valence-electron chi connectivity index (χ0n) is 20.8. The number of ether oxygens (including phenoxy) is 1. The summed E-state index contributed by atoms with van der Waals surface area (Å²) in [7, 11) is 0. The van der Waals surface area contributed by atoms with Gasteiger partial charge < -0.3 is 15.0 Å². The van der Waals surface area contributed by atoms with Crippen LogP contribution in [0.25, 0.3) is 11.0 Å². The minimum atomic E-state index is -0.0845. The molecule has 5 rings (SSSR count). The van der Waals surface area contributed by atoms with Gasteiger partial charge >= 0.3 is 0 Å². The fourth-order valence-electron chi connectivity index (χ4n) is 5.58. The second kappa shape index (κ2) is 11.2. The maximum Gasteiger partial charge on any atom is 0.255 e. The van der Waals surface area contributed by atoms with Crippen molar-refractivity contribution in [3.8, 4) is 5.75 Å². The van der Waals surface area contributed by atoms with E-state index >= 15 is 0 Å². The van der Waals surface area contributed by atoms with Gasteiger partial charge in [-0.1, -0.05) is 54.8 Å². The summed E-state index contributed by atoms with van der Waals surface area (Å²) in [6, 6.07) is 14.1. The fourth-order valence-corrected chi connectivity index (χ4v) is 5.58. The number of hydrogen-bond acceptors (Lipinski definition) is 5. The number of carbonyl (C=O) groups excluding carboxylic acids is 1. The maximum absolute atomic E-state index is 13.3. The van der Waals surface area contributed by atoms with Crippen LogP contribution in [-0.4, -0.2) is 58.1 Å². The SMILES string of the molecule is CCOc1cc2c(cc1C(=O)NC1CCN(CC3CCCCC3)CC1)nnn2Cc1ccccc1. The van der Waals surface area contributed by atoms with Crippen molar-refractivity contribution in [1.82, 2.24) is 25.2 Å². The van der Waals surface area contributed by atoms with E-state index in [1.807, 2.05) is 41.9 Å². The van der Waals surface area contributed by atoms with E-state index in [0.717, 1.165) is 42.9 Å². The first kappa shape index (κ1) is 23.8. The van der Waals surface area contributed by atoms with Crippen LogP contribution in [0.5, 0.6) is 5.75 Å². The molecule has 1 saturated heterocycles. The first-order chi connectivity index (χ1) is 17.2. The number of fused-ring (bicyclic) bond motifs is 1. The second-order valence-electron chi connectivity index (χ2n) is 10.1. The van der Waals surface area contributed by atoms with Gasteiger partial charge in [-0.05, 0) is 50.2 Å². The Labute approximate surface area is 207 Å². The summed E-state index contributed by atoms with van der Waals surface area (Å²) in [6.07, 6.45) is 8.96. The Morgan fingerprint density at radius 1 is 1.06 bits per heavy atom. The third-order valence-electron chi connectivity index (χ3n) is 7.50. The van der Waals surface area contributed by atoms with Crippen molar-refractivity contribution < 1.29 is 9.53 Å². The number of nitrogens with zero attached hydrogens (tertiary/aromatic N) is 4. The monoisotopic (exact) mass is 475 g/mol. The number of carbonyl (C=O) groups is 1. The molecule has 3 aromatic rings. The van der Waals surface area contributed by atoms with Crippen LogP contribution in [0.4, 0.5) is 0 Å². The van der Waals surface area contributed by atoms with Gasteiger partial charge in [0, 0.05) is 31.7 Å². The lowest BCUT2D eigenvalue weighted by atomic mass is 9.88. The molecule has 0 bridgehead atoms. The van der Waals surface area contributed by atoms with Gasteiger partial charge in [0.05, 0.1) is 24.2 Å². The van der Waals surface area contributed by atoms with Gasteiger partial charge in [-0.25, -0.2) is 4.68 Å². The van der Waals surface area contributed by atoms with Crippen LogP contribution < -0.4 is 10.1 Å². The molecule has 2 aromatic carbocycles. The molecule has 1 aromatic heterocycles. The molecule has 7 heteroatoms. The Kier molecular flexibility index (Phi) is 7.62. The Morgan fingerprint density at radius 3 is 2.57 bits per heavy atom. The van der Waals surface area contributed by atoms with Crippen molar-refractivity contribution in [2.75, 3.05) is 26.2 Å². The summed E-state index contributed by atoms with van der Waals surface area (Å²) in [6.45, 7) is 6.40. The first-order valence-electron chi connectivity index (χ1n) is 13.3. The number of nitrogens with one attached hydrogen (secondary N) is 1. The molecule has 2 heterocycles. The normalized spacial score (nSPS) is 18.1. The predicted molar refractivity (Wildman–Crippen MR) is 138 cm³/mol. The van der Waals surface area contributed by atoms with Crippen molar-refractivity contribution in [3.63, 3.8) is 0 Å². The molecule has 1 amide bonds. The highest BCUT2D eigenvalue weighted by molar-refractivity contribution is 6.00. The van der Waals surface area contributed by atoms with Crippen molar-refractivity contribution in [2.24, 2.45) is 5.92 Å². The molecule has 0 radical (unpaired) electrons. The molecular formula is C28H37N5O2. The molecule has 2 aliphatic rings. The van der Waals surface area contributed by atoms with Crippen molar-refractivity contribution >= 4 is 16.9 Å². The Balaban J connectivity index is 1.24. The number of amides is 1. The number of rotatable bonds is 8. The van der Waals surface area contributed by atoms with E-state index in [4.69, 9.17) is 4.74 Å². The van der Waals surface area contributed by atoms with Gasteiger partial charge in [-0.2, -0.15) is 0 Å². The molecule has 1 aliphatic heterocycles. The van der Waals surface area contributed by atoms with E-state index in [1.165, 1.54) is 38.6 Å². The summed E-state index contributed by atoms with van der Waals surface area (Å²) in [4.78, 5) is 15.9. The molecule has 1 N–H and O–H groups in total. The lowest BCUT2D eigenvalue weighted by Crippen LogP contribution is -2.46. The van der Waals surface area contributed by atoms with Crippen LogP contribution in [0, 0.1) is 5.92 Å². The average molecular weight is 476 g/mol. The first-order valence-corrected chi connectivity index (χ1v) is 13.3. The molecule has 1 saturated carbocycles. The molecule has 0 unspecified atom stereocenters. The largest absolute Gasteiger partial charge is 0.493 e. The van der Waals surface area contributed by atoms with Crippen LogP contribution in [0.15, 0.2) is 42.5 Å². The van der Waals surface area contributed by atoms with E-state index < -0.39 is 0 Å². The topological polar surface area (TPSA) is 72.3 Å². The Bertz CT molecular complexity index is 1120. The van der Waals surface area contributed by atoms with Crippen LogP contribution in [0.2, 0.25) is 0 Å². The maximum atomic E-state index is 13.3. The van der Waals surface area contributed by atoms with Gasteiger partial charge in [0.25, 0.3) is 5.91 Å². The minimum absolute atomic E-state index is 0.0845. The summed E-state index contributed by atoms with van der Waals surface area (Å²) >= 11 is 0. The number of aromatic nitrogens is 3. The van der Waals surface area contributed by atoms with Crippen LogP contribution >= 0.6 is 0 Å². The molecular weight excluding hydrogens is 438 g/mol. The summed E-state index contributed by atoms with van der Waals surface area (Å²) in [5, 5.41) is 11.9. The quantitative estimate of drug-likeness (QED) is 0.513. The molecule has 1 aliphatic carbocycles. The van der Waals surface area contributed by atoms with Crippen molar-refractivity contribution in [2.45, 2.75) is 64.5 Å². The molecule has 35 heavy (non-hydrogen) atoms. The summed E-state index contributed by atoms with van der Waals surface area (Å²) in [5.74, 6) is 1.37. The smallest absolute Gasteiger partial charge is 0.255 e. The Morgan fingerprint density at radius 2 is 1.83 bits per heavy atom. The van der Waals surface area contributed by atoms with E-state index in [-0.39, 0.29) is 11.9 Å². The van der Waals surface area contributed by atoms with Gasteiger partial charge in [-0.3, -0.25) is 4.79 Å². The fraction of sp³-hybridized carbons (Fsp3) is 0.536. The van der Waals surface area contributed by atoms with Crippen molar-refractivity contribution in [3.05, 3.63) is 53.6 Å². The highest BCUT2D eigenvalue weighted by Crippen LogP contribution is 2.27. The molecule has 7 nitrogen and oxygen atoms in total. The summed E-state index contributed by atoms with van der Waals surface area (Å²) < 4.78 is 7.75. The third-order valence-corrected chi connectivity index (χ3v) is 7.50. The highest BCUT2D eigenvalue weighted by atomic mass is 16.5. The van der Waals surface area contributed by atoms with Gasteiger partial charge in [0.2, 0.25) is 0 Å². The van der Waals surface area contributed by atoms with Crippen LogP contribution in [0.3, 0.4) is 0 Å². The van der Waals surface area contributed by atoms with E-state index in [9.17, 15) is 4.79 Å². The minimum Gasteiger partial charge on any atom is -0.493 e. The number of benzene rings is 2. The molecule has 0 spiro atoms. The van der Waals surface area contributed by atoms with E-state index in [1.54, 1.807) is 0 Å². The van der Waals surface area contributed by atoms with Crippen LogP contribution in [0.1, 0.15) is 67.8 Å². The van der Waals surface area contributed by atoms with E-state index in [0.29, 0.717) is 30.0 Å². The molecule has 186 valence electrons. The summed E-state index contributed by atoms with van der Waals surface area (Å²) in [5.41, 5.74) is 3.26. The number of likely N-dealkylation sites (tertiary alicyclic amines) is 1. The molecule has 0 atom stereocenters. The lowest BCUT2D eigenvalue weighted by Gasteiger charge is -2.35. The zero-order valence-corrected chi connectivity index (χ0v) is 20.8. The number of hydrogen-bond donors (Lipinski definition) is 1. The lowest BCUT2D eigenvalue weighted by molar-refractivity contribution is 0.0898. The third kappa shape index (κ3) is 5.84. The zero-order chi connectivity index (χ0) is 24.0. The highest BCUT2D eigenvalue weighted by Gasteiger charge is 2.25. The average Bonchev–Trinajstić information content (AvgIpc) is 3.27. The standard InChI is InChI=1S/C28H37N5O2/c1-2-35-27-18-26-25(30-31-33(26)20-22-11-7-4-8-12-22)17-24(27)28(34)29-23-13-15-32(16-14-23)19-21-9-5-3-6-10-21/h4,7-8,11-12,17-18,21,23H,2-3,5-6,9-10,13-16,19-20H2,1H3,(H,29,34). The second-order valence-corrected chi connectivity index (χ2v) is 10.1. The van der Waals surface area contributed by atoms with Crippen LogP contribution in [-0.2, 0) is 6.54 Å². The predicted octanol–water partition coefficient (Wildman–Crippen LogP) is 4.65. The van der Waals surface area contributed by atoms with Gasteiger partial charge in [0.1, 0.15) is 11.3 Å². The molecule has 2 fully saturated rings.